The summed E-state index contributed by atoms with van der Waals surface area (Å²) >= 11 is 1.59. The molecule has 1 fully saturated rings. The fourth-order valence-electron chi connectivity index (χ4n) is 2.64. The third-order valence-electron chi connectivity index (χ3n) is 3.92. The maximum atomic E-state index is 13.1. The molecule has 2 aromatic rings. The molecule has 0 N–H and O–H groups in total. The number of carbonyl (C=O) groups is 1. The van der Waals surface area contributed by atoms with Gasteiger partial charge >= 0.3 is 0 Å². The van der Waals surface area contributed by atoms with Crippen LogP contribution in [0.25, 0.3) is 0 Å². The van der Waals surface area contributed by atoms with E-state index in [1.807, 2.05) is 29.2 Å². The molecule has 3 nitrogen and oxygen atoms in total. The van der Waals surface area contributed by atoms with E-state index in [1.54, 1.807) is 31.0 Å². The molecule has 120 valence electrons. The Morgan fingerprint density at radius 1 is 1.17 bits per heavy atom. The van der Waals surface area contributed by atoms with Gasteiger partial charge in [0.15, 0.2) is 0 Å². The zero-order valence-corrected chi connectivity index (χ0v) is 13.7. The van der Waals surface area contributed by atoms with Crippen molar-refractivity contribution in [2.45, 2.75) is 11.8 Å². The third-order valence-corrected chi connectivity index (χ3v) is 5.18. The first-order valence-electron chi connectivity index (χ1n) is 7.47. The minimum Gasteiger partial charge on any atom is -0.497 e. The van der Waals surface area contributed by atoms with Gasteiger partial charge < -0.3 is 9.64 Å². The fourth-order valence-corrected chi connectivity index (χ4v) is 3.86. The van der Waals surface area contributed by atoms with Crippen molar-refractivity contribution in [3.8, 4) is 5.75 Å². The van der Waals surface area contributed by atoms with Crippen LogP contribution in [0, 0.1) is 5.82 Å². The summed E-state index contributed by atoms with van der Waals surface area (Å²) in [4.78, 5) is 14.0. The smallest absolute Gasteiger partial charge is 0.233 e. The van der Waals surface area contributed by atoms with Crippen molar-refractivity contribution < 1.29 is 13.9 Å². The normalized spacial score (nSPS) is 17.6. The average Bonchev–Trinajstić information content (AvgIpc) is 2.95. The van der Waals surface area contributed by atoms with Crippen molar-refractivity contribution in [1.29, 1.82) is 0 Å². The molecule has 1 atom stereocenters. The summed E-state index contributed by atoms with van der Waals surface area (Å²) in [5.74, 6) is 1.18. The van der Waals surface area contributed by atoms with Crippen LogP contribution in [0.1, 0.15) is 16.5 Å². The number of benzene rings is 2. The van der Waals surface area contributed by atoms with Gasteiger partial charge in [-0.15, -0.1) is 11.8 Å². The second-order valence-corrected chi connectivity index (χ2v) is 6.47. The van der Waals surface area contributed by atoms with E-state index in [0.29, 0.717) is 12.3 Å². The van der Waals surface area contributed by atoms with Crippen LogP contribution in [0.3, 0.4) is 0 Å². The second kappa shape index (κ2) is 7.04. The number of hydrogen-bond acceptors (Lipinski definition) is 3. The van der Waals surface area contributed by atoms with Crippen LogP contribution >= 0.6 is 11.8 Å². The summed E-state index contributed by atoms with van der Waals surface area (Å²) in [5.41, 5.74) is 2.13. The number of methoxy groups -OCH3 is 1. The standard InChI is InChI=1S/C18H18FNO2S/c1-22-16-8-2-13(3-9-16)10-11-20-17(21)12-23-18(20)14-4-6-15(19)7-5-14/h2-9,18H,10-12H2,1H3/t18-/m1/s1. The molecule has 0 spiro atoms. The molecule has 1 amide bonds. The molecule has 1 saturated heterocycles. The van der Waals surface area contributed by atoms with E-state index >= 15 is 0 Å². The Bertz CT molecular complexity index is 672. The van der Waals surface area contributed by atoms with E-state index in [4.69, 9.17) is 4.74 Å². The summed E-state index contributed by atoms with van der Waals surface area (Å²) in [5, 5.41) is -0.0265. The molecule has 23 heavy (non-hydrogen) atoms. The number of nitrogens with zero attached hydrogens (tertiary/aromatic N) is 1. The lowest BCUT2D eigenvalue weighted by Gasteiger charge is -2.24. The van der Waals surface area contributed by atoms with Crippen LogP contribution < -0.4 is 4.74 Å². The Morgan fingerprint density at radius 2 is 1.87 bits per heavy atom. The quantitative estimate of drug-likeness (QED) is 0.837. The topological polar surface area (TPSA) is 29.5 Å². The molecule has 0 aliphatic carbocycles. The van der Waals surface area contributed by atoms with Gasteiger partial charge in [-0.05, 0) is 41.8 Å². The SMILES string of the molecule is COc1ccc(CCN2C(=O)CS[C@@H]2c2ccc(F)cc2)cc1. The molecule has 0 aromatic heterocycles. The highest BCUT2D eigenvalue weighted by Crippen LogP contribution is 2.38. The second-order valence-electron chi connectivity index (χ2n) is 5.40. The Labute approximate surface area is 139 Å². The first-order chi connectivity index (χ1) is 11.2. The van der Waals surface area contributed by atoms with Gasteiger partial charge in [0.05, 0.1) is 12.9 Å². The van der Waals surface area contributed by atoms with Crippen LogP contribution in [-0.2, 0) is 11.2 Å². The van der Waals surface area contributed by atoms with E-state index < -0.39 is 0 Å². The Hall–Kier alpha value is -2.01. The number of halogens is 1. The monoisotopic (exact) mass is 331 g/mol. The largest absolute Gasteiger partial charge is 0.497 e. The van der Waals surface area contributed by atoms with Crippen molar-refractivity contribution in [1.82, 2.24) is 4.90 Å². The number of thioether (sulfide) groups is 1. The van der Waals surface area contributed by atoms with E-state index in [9.17, 15) is 9.18 Å². The molecule has 0 saturated carbocycles. The predicted octanol–water partition coefficient (Wildman–Crippen LogP) is 3.65. The minimum atomic E-state index is -0.257. The number of ether oxygens (including phenoxy) is 1. The molecule has 0 unspecified atom stereocenters. The Balaban J connectivity index is 1.68. The zero-order chi connectivity index (χ0) is 16.2. The fraction of sp³-hybridized carbons (Fsp3) is 0.278. The highest BCUT2D eigenvalue weighted by Gasteiger charge is 2.32. The molecular formula is C18H18FNO2S. The van der Waals surface area contributed by atoms with Gasteiger partial charge in [0.25, 0.3) is 0 Å². The van der Waals surface area contributed by atoms with Crippen LogP contribution in [0.2, 0.25) is 0 Å². The van der Waals surface area contributed by atoms with Gasteiger partial charge in [-0.1, -0.05) is 24.3 Å². The number of rotatable bonds is 5. The maximum absolute atomic E-state index is 13.1. The third kappa shape index (κ3) is 3.67. The highest BCUT2D eigenvalue weighted by molar-refractivity contribution is 8.00. The van der Waals surface area contributed by atoms with E-state index in [-0.39, 0.29) is 17.1 Å². The molecule has 0 bridgehead atoms. The van der Waals surface area contributed by atoms with Crippen LogP contribution in [-0.4, -0.2) is 30.2 Å². The summed E-state index contributed by atoms with van der Waals surface area (Å²) < 4.78 is 18.2. The van der Waals surface area contributed by atoms with Gasteiger partial charge in [0.1, 0.15) is 16.9 Å². The summed E-state index contributed by atoms with van der Waals surface area (Å²) in [6.07, 6.45) is 0.786. The number of amides is 1. The van der Waals surface area contributed by atoms with Crippen molar-refractivity contribution in [3.63, 3.8) is 0 Å². The average molecular weight is 331 g/mol. The minimum absolute atomic E-state index is 0.0265. The van der Waals surface area contributed by atoms with Gasteiger partial charge in [0.2, 0.25) is 5.91 Å². The lowest BCUT2D eigenvalue weighted by atomic mass is 10.1. The van der Waals surface area contributed by atoms with Crippen molar-refractivity contribution in [2.75, 3.05) is 19.4 Å². The van der Waals surface area contributed by atoms with Crippen LogP contribution in [0.5, 0.6) is 5.75 Å². The highest BCUT2D eigenvalue weighted by atomic mass is 32.2. The molecule has 5 heteroatoms. The lowest BCUT2D eigenvalue weighted by molar-refractivity contribution is -0.128. The van der Waals surface area contributed by atoms with Crippen LogP contribution in [0.4, 0.5) is 4.39 Å². The van der Waals surface area contributed by atoms with Crippen LogP contribution in [0.15, 0.2) is 48.5 Å². The number of carbonyl (C=O) groups excluding carboxylic acids is 1. The van der Waals surface area contributed by atoms with Gasteiger partial charge in [0, 0.05) is 6.54 Å². The Morgan fingerprint density at radius 3 is 2.52 bits per heavy atom. The summed E-state index contributed by atoms with van der Waals surface area (Å²) in [6.45, 7) is 0.653. The number of hydrogen-bond donors (Lipinski definition) is 0. The van der Waals surface area contributed by atoms with Crippen molar-refractivity contribution in [2.24, 2.45) is 0 Å². The molecule has 1 heterocycles. The van der Waals surface area contributed by atoms with Crippen molar-refractivity contribution >= 4 is 17.7 Å². The van der Waals surface area contributed by atoms with Gasteiger partial charge in [-0.2, -0.15) is 0 Å². The lowest BCUT2D eigenvalue weighted by Crippen LogP contribution is -2.30. The zero-order valence-electron chi connectivity index (χ0n) is 12.9. The first kappa shape index (κ1) is 15.9. The molecule has 2 aromatic carbocycles. The molecule has 3 rings (SSSR count). The molecule has 1 aliphatic rings. The van der Waals surface area contributed by atoms with Gasteiger partial charge in [-0.3, -0.25) is 4.79 Å². The van der Waals surface area contributed by atoms with Gasteiger partial charge in [-0.25, -0.2) is 4.39 Å². The predicted molar refractivity (Wildman–Crippen MR) is 90.0 cm³/mol. The molecule has 0 radical (unpaired) electrons. The summed E-state index contributed by atoms with van der Waals surface area (Å²) in [7, 11) is 1.64. The van der Waals surface area contributed by atoms with E-state index in [1.165, 1.54) is 12.1 Å². The van der Waals surface area contributed by atoms with E-state index in [0.717, 1.165) is 23.3 Å². The van der Waals surface area contributed by atoms with Crippen molar-refractivity contribution in [3.05, 3.63) is 65.5 Å². The molecule has 1 aliphatic heterocycles. The van der Waals surface area contributed by atoms with E-state index in [2.05, 4.69) is 0 Å². The summed E-state index contributed by atoms with van der Waals surface area (Å²) in [6, 6.07) is 14.3. The first-order valence-corrected chi connectivity index (χ1v) is 8.52. The molecular weight excluding hydrogens is 313 g/mol. The Kier molecular flexibility index (Phi) is 4.86. The maximum Gasteiger partial charge on any atom is 0.233 e.